The monoisotopic (exact) mass is 218 g/mol. The predicted molar refractivity (Wildman–Crippen MR) is 61.7 cm³/mol. The van der Waals surface area contributed by atoms with Crippen molar-refractivity contribution >= 4 is 17.8 Å². The Bertz CT molecular complexity index is 379. The molecule has 1 aromatic rings. The van der Waals surface area contributed by atoms with E-state index >= 15 is 0 Å². The number of rotatable bonds is 5. The van der Waals surface area contributed by atoms with Crippen LogP contribution < -0.4 is 0 Å². The molecule has 1 rings (SSSR count). The summed E-state index contributed by atoms with van der Waals surface area (Å²) in [5.41, 5.74) is 1.05. The molecule has 0 atom stereocenters. The first-order valence-electron chi connectivity index (χ1n) is 5.05. The largest absolute Gasteiger partial charge is 0.461 e. The molecule has 0 amide bonds. The minimum absolute atomic E-state index is 0.154. The van der Waals surface area contributed by atoms with Crippen molar-refractivity contribution in [1.82, 2.24) is 0 Å². The van der Waals surface area contributed by atoms with Crippen LogP contribution in [-0.2, 0) is 14.3 Å². The fourth-order valence-corrected chi connectivity index (χ4v) is 1.14. The quantitative estimate of drug-likeness (QED) is 0.562. The zero-order valence-corrected chi connectivity index (χ0v) is 9.18. The molecule has 0 fully saturated rings. The minimum Gasteiger partial charge on any atom is -0.461 e. The van der Waals surface area contributed by atoms with E-state index in [0.717, 1.165) is 5.56 Å². The van der Waals surface area contributed by atoms with E-state index in [1.807, 2.05) is 36.4 Å². The molecule has 0 bridgehead atoms. The van der Waals surface area contributed by atoms with Crippen molar-refractivity contribution in [2.24, 2.45) is 0 Å². The Kier molecular flexibility index (Phi) is 4.99. The summed E-state index contributed by atoms with van der Waals surface area (Å²) >= 11 is 0. The zero-order valence-electron chi connectivity index (χ0n) is 9.18. The second-order valence-corrected chi connectivity index (χ2v) is 3.37. The van der Waals surface area contributed by atoms with Crippen molar-refractivity contribution in [3.8, 4) is 0 Å². The molecule has 3 nitrogen and oxygen atoms in total. The van der Waals surface area contributed by atoms with Gasteiger partial charge in [-0.3, -0.25) is 9.59 Å². The maximum atomic E-state index is 11.0. The summed E-state index contributed by atoms with van der Waals surface area (Å²) < 4.78 is 4.83. The average Bonchev–Trinajstić information content (AvgIpc) is 2.25. The van der Waals surface area contributed by atoms with Crippen LogP contribution in [0.2, 0.25) is 0 Å². The van der Waals surface area contributed by atoms with Crippen molar-refractivity contribution in [2.75, 3.05) is 6.61 Å². The normalized spacial score (nSPS) is 10.3. The summed E-state index contributed by atoms with van der Waals surface area (Å²) in [6, 6.07) is 9.70. The number of hydrogen-bond acceptors (Lipinski definition) is 3. The van der Waals surface area contributed by atoms with Crippen LogP contribution in [0.4, 0.5) is 0 Å². The van der Waals surface area contributed by atoms with Gasteiger partial charge in [-0.15, -0.1) is 0 Å². The molecule has 84 valence electrons. The molecule has 0 saturated carbocycles. The molecule has 3 heteroatoms. The van der Waals surface area contributed by atoms with E-state index < -0.39 is 5.97 Å². The van der Waals surface area contributed by atoms with Crippen molar-refractivity contribution in [3.05, 3.63) is 42.0 Å². The highest BCUT2D eigenvalue weighted by atomic mass is 16.5. The molecular weight excluding hydrogens is 204 g/mol. The number of benzene rings is 1. The Morgan fingerprint density at radius 2 is 1.94 bits per heavy atom. The summed E-state index contributed by atoms with van der Waals surface area (Å²) in [7, 11) is 0. The van der Waals surface area contributed by atoms with Crippen molar-refractivity contribution in [1.29, 1.82) is 0 Å². The zero-order chi connectivity index (χ0) is 11.8. The predicted octanol–water partition coefficient (Wildman–Crippen LogP) is 2.22. The molecule has 0 unspecified atom stereocenters. The lowest BCUT2D eigenvalue weighted by molar-refractivity contribution is -0.144. The Balaban J connectivity index is 2.28. The van der Waals surface area contributed by atoms with Crippen LogP contribution in [0.25, 0.3) is 6.08 Å². The molecule has 0 aromatic heterocycles. The molecule has 0 aliphatic carbocycles. The Morgan fingerprint density at radius 1 is 1.25 bits per heavy atom. The third-order valence-corrected chi connectivity index (χ3v) is 1.84. The van der Waals surface area contributed by atoms with Crippen LogP contribution in [0, 0.1) is 0 Å². The smallest absolute Gasteiger partial charge is 0.313 e. The lowest BCUT2D eigenvalue weighted by Crippen LogP contribution is -2.08. The van der Waals surface area contributed by atoms with Crippen LogP contribution >= 0.6 is 0 Å². The van der Waals surface area contributed by atoms with Gasteiger partial charge in [0.2, 0.25) is 0 Å². The summed E-state index contributed by atoms with van der Waals surface area (Å²) in [6.45, 7) is 1.56. The van der Waals surface area contributed by atoms with Gasteiger partial charge in [-0.05, 0) is 18.6 Å². The Labute approximate surface area is 94.7 Å². The fourth-order valence-electron chi connectivity index (χ4n) is 1.14. The van der Waals surface area contributed by atoms with Crippen molar-refractivity contribution < 1.29 is 14.3 Å². The van der Waals surface area contributed by atoms with E-state index in [1.54, 1.807) is 6.08 Å². The molecule has 16 heavy (non-hydrogen) atoms. The number of ketones is 1. The highest BCUT2D eigenvalue weighted by Crippen LogP contribution is 2.00. The van der Waals surface area contributed by atoms with Crippen LogP contribution in [0.5, 0.6) is 0 Å². The minimum atomic E-state index is -0.481. The van der Waals surface area contributed by atoms with Crippen LogP contribution in [0.1, 0.15) is 18.9 Å². The molecule has 0 heterocycles. The highest BCUT2D eigenvalue weighted by Gasteiger charge is 2.04. The molecular formula is C13H14O3. The number of ether oxygens (including phenoxy) is 1. The van der Waals surface area contributed by atoms with Gasteiger partial charge in [-0.1, -0.05) is 36.4 Å². The van der Waals surface area contributed by atoms with Gasteiger partial charge in [-0.25, -0.2) is 0 Å². The Hall–Kier alpha value is -1.90. The second-order valence-electron chi connectivity index (χ2n) is 3.37. The van der Waals surface area contributed by atoms with E-state index in [2.05, 4.69) is 0 Å². The van der Waals surface area contributed by atoms with Gasteiger partial charge in [0.1, 0.15) is 18.8 Å². The number of esters is 1. The van der Waals surface area contributed by atoms with Gasteiger partial charge in [0.15, 0.2) is 0 Å². The molecule has 0 N–H and O–H groups in total. The molecule has 0 saturated heterocycles. The standard InChI is InChI=1S/C13H14O3/c1-11(14)10-13(15)16-9-5-8-12-6-3-2-4-7-12/h2-8H,9-10H2,1H3/b8-5+. The number of Topliss-reactive ketones (excluding diaryl/α,β-unsaturated/α-hetero) is 1. The van der Waals surface area contributed by atoms with E-state index in [4.69, 9.17) is 4.74 Å². The van der Waals surface area contributed by atoms with E-state index in [-0.39, 0.29) is 18.8 Å². The SMILES string of the molecule is CC(=O)CC(=O)OC/C=C/c1ccccc1. The summed E-state index contributed by atoms with van der Waals surface area (Å²) in [5, 5.41) is 0. The average molecular weight is 218 g/mol. The fraction of sp³-hybridized carbons (Fsp3) is 0.231. The first-order valence-corrected chi connectivity index (χ1v) is 5.05. The highest BCUT2D eigenvalue weighted by molar-refractivity contribution is 5.94. The lowest BCUT2D eigenvalue weighted by Gasteiger charge is -1.98. The van der Waals surface area contributed by atoms with Gasteiger partial charge < -0.3 is 4.74 Å². The van der Waals surface area contributed by atoms with Gasteiger partial charge in [0.05, 0.1) is 0 Å². The molecule has 1 aromatic carbocycles. The number of hydrogen-bond donors (Lipinski definition) is 0. The van der Waals surface area contributed by atoms with Crippen LogP contribution in [0.15, 0.2) is 36.4 Å². The van der Waals surface area contributed by atoms with Gasteiger partial charge in [0, 0.05) is 0 Å². The third-order valence-electron chi connectivity index (χ3n) is 1.84. The van der Waals surface area contributed by atoms with Crippen molar-refractivity contribution in [2.45, 2.75) is 13.3 Å². The van der Waals surface area contributed by atoms with E-state index in [9.17, 15) is 9.59 Å². The second kappa shape index (κ2) is 6.56. The summed E-state index contributed by atoms with van der Waals surface area (Å²) in [6.07, 6.45) is 3.45. The van der Waals surface area contributed by atoms with Crippen molar-refractivity contribution in [3.63, 3.8) is 0 Å². The number of carbonyl (C=O) groups excluding carboxylic acids is 2. The van der Waals surface area contributed by atoms with E-state index in [1.165, 1.54) is 6.92 Å². The van der Waals surface area contributed by atoms with E-state index in [0.29, 0.717) is 0 Å². The van der Waals surface area contributed by atoms with Crippen LogP contribution in [-0.4, -0.2) is 18.4 Å². The lowest BCUT2D eigenvalue weighted by atomic mass is 10.2. The molecule has 0 radical (unpaired) electrons. The summed E-state index contributed by atoms with van der Waals surface area (Å²) in [5.74, 6) is -0.665. The third kappa shape index (κ3) is 5.10. The van der Waals surface area contributed by atoms with Gasteiger partial charge in [0.25, 0.3) is 0 Å². The maximum Gasteiger partial charge on any atom is 0.313 e. The molecule has 0 aliphatic rings. The van der Waals surface area contributed by atoms with Gasteiger partial charge in [-0.2, -0.15) is 0 Å². The van der Waals surface area contributed by atoms with Gasteiger partial charge >= 0.3 is 5.97 Å². The maximum absolute atomic E-state index is 11.0. The topological polar surface area (TPSA) is 43.4 Å². The first-order chi connectivity index (χ1) is 7.68. The summed E-state index contributed by atoms with van der Waals surface area (Å²) in [4.78, 5) is 21.6. The Morgan fingerprint density at radius 3 is 2.56 bits per heavy atom. The van der Waals surface area contributed by atoms with Crippen LogP contribution in [0.3, 0.4) is 0 Å². The first kappa shape index (κ1) is 12.2. The number of carbonyl (C=O) groups is 2. The molecule has 0 spiro atoms. The molecule has 0 aliphatic heterocycles.